The first-order valence-electron chi connectivity index (χ1n) is 5.23. The normalized spacial score (nSPS) is 15.0. The summed E-state index contributed by atoms with van der Waals surface area (Å²) in [5.41, 5.74) is 0.206. The van der Waals surface area contributed by atoms with Crippen molar-refractivity contribution in [1.29, 1.82) is 0 Å². The standard InChI is InChI=1S/C11H25NO/c1-9(2)10(3)12-8-11(4,5)6-7-13/h9-10,12-13H,6-8H2,1-5H3. The van der Waals surface area contributed by atoms with Crippen LogP contribution in [-0.2, 0) is 0 Å². The minimum absolute atomic E-state index is 0.206. The van der Waals surface area contributed by atoms with Gasteiger partial charge < -0.3 is 10.4 Å². The molecular formula is C11H25NO. The highest BCUT2D eigenvalue weighted by Gasteiger charge is 2.18. The molecule has 0 saturated heterocycles. The molecule has 0 saturated carbocycles. The summed E-state index contributed by atoms with van der Waals surface area (Å²) in [6, 6.07) is 0.554. The summed E-state index contributed by atoms with van der Waals surface area (Å²) in [4.78, 5) is 0. The molecule has 2 heteroatoms. The Labute approximate surface area is 82.7 Å². The third kappa shape index (κ3) is 6.05. The molecule has 0 rings (SSSR count). The monoisotopic (exact) mass is 187 g/mol. The number of hydrogen-bond donors (Lipinski definition) is 2. The Morgan fingerprint density at radius 2 is 1.77 bits per heavy atom. The lowest BCUT2D eigenvalue weighted by molar-refractivity contribution is 0.200. The maximum Gasteiger partial charge on any atom is 0.0436 e. The minimum Gasteiger partial charge on any atom is -0.396 e. The van der Waals surface area contributed by atoms with Crippen LogP contribution >= 0.6 is 0 Å². The lowest BCUT2D eigenvalue weighted by atomic mass is 9.89. The average molecular weight is 187 g/mol. The Morgan fingerprint density at radius 3 is 2.15 bits per heavy atom. The second-order valence-electron chi connectivity index (χ2n) is 5.05. The van der Waals surface area contributed by atoms with Crippen molar-refractivity contribution in [2.75, 3.05) is 13.2 Å². The molecule has 0 radical (unpaired) electrons. The van der Waals surface area contributed by atoms with Crippen molar-refractivity contribution in [3.63, 3.8) is 0 Å². The zero-order valence-corrected chi connectivity index (χ0v) is 9.72. The Bertz CT molecular complexity index is 132. The van der Waals surface area contributed by atoms with Gasteiger partial charge in [-0.25, -0.2) is 0 Å². The number of hydrogen-bond acceptors (Lipinski definition) is 2. The first kappa shape index (κ1) is 12.9. The van der Waals surface area contributed by atoms with Gasteiger partial charge in [-0.15, -0.1) is 0 Å². The van der Waals surface area contributed by atoms with E-state index in [0.29, 0.717) is 12.0 Å². The maximum atomic E-state index is 8.85. The van der Waals surface area contributed by atoms with E-state index in [-0.39, 0.29) is 12.0 Å². The summed E-state index contributed by atoms with van der Waals surface area (Å²) in [7, 11) is 0. The fourth-order valence-corrected chi connectivity index (χ4v) is 1.06. The van der Waals surface area contributed by atoms with Gasteiger partial charge in [0.25, 0.3) is 0 Å². The van der Waals surface area contributed by atoms with E-state index in [0.717, 1.165) is 13.0 Å². The van der Waals surface area contributed by atoms with E-state index in [1.165, 1.54) is 0 Å². The van der Waals surface area contributed by atoms with Crippen LogP contribution in [0.15, 0.2) is 0 Å². The fourth-order valence-electron chi connectivity index (χ4n) is 1.06. The summed E-state index contributed by atoms with van der Waals surface area (Å²) < 4.78 is 0. The van der Waals surface area contributed by atoms with Crippen molar-refractivity contribution in [3.05, 3.63) is 0 Å². The number of rotatable bonds is 6. The molecule has 0 aliphatic rings. The molecule has 0 aliphatic heterocycles. The quantitative estimate of drug-likeness (QED) is 0.667. The summed E-state index contributed by atoms with van der Waals surface area (Å²) in [6.45, 7) is 12.3. The summed E-state index contributed by atoms with van der Waals surface area (Å²) in [5, 5.41) is 12.3. The molecule has 80 valence electrons. The van der Waals surface area contributed by atoms with Crippen LogP contribution in [-0.4, -0.2) is 24.3 Å². The van der Waals surface area contributed by atoms with Crippen LogP contribution in [0.1, 0.15) is 41.0 Å². The fraction of sp³-hybridized carbons (Fsp3) is 1.00. The number of aliphatic hydroxyl groups excluding tert-OH is 1. The summed E-state index contributed by atoms with van der Waals surface area (Å²) in [6.07, 6.45) is 0.866. The topological polar surface area (TPSA) is 32.3 Å². The zero-order valence-electron chi connectivity index (χ0n) is 9.72. The first-order valence-corrected chi connectivity index (χ1v) is 5.23. The molecular weight excluding hydrogens is 162 g/mol. The molecule has 0 amide bonds. The molecule has 0 bridgehead atoms. The van der Waals surface area contributed by atoms with Crippen molar-refractivity contribution in [2.24, 2.45) is 11.3 Å². The van der Waals surface area contributed by atoms with E-state index < -0.39 is 0 Å². The van der Waals surface area contributed by atoms with Crippen LogP contribution < -0.4 is 5.32 Å². The van der Waals surface area contributed by atoms with Crippen molar-refractivity contribution < 1.29 is 5.11 Å². The largest absolute Gasteiger partial charge is 0.396 e. The van der Waals surface area contributed by atoms with Crippen molar-refractivity contribution in [3.8, 4) is 0 Å². The van der Waals surface area contributed by atoms with Gasteiger partial charge in [-0.1, -0.05) is 27.7 Å². The molecule has 0 aromatic rings. The molecule has 2 nitrogen and oxygen atoms in total. The van der Waals surface area contributed by atoms with Crippen molar-refractivity contribution >= 4 is 0 Å². The van der Waals surface area contributed by atoms with Crippen LogP contribution in [0, 0.1) is 11.3 Å². The molecule has 1 atom stereocenters. The van der Waals surface area contributed by atoms with Crippen LogP contribution in [0.2, 0.25) is 0 Å². The highest BCUT2D eigenvalue weighted by Crippen LogP contribution is 2.18. The summed E-state index contributed by atoms with van der Waals surface area (Å²) >= 11 is 0. The third-order valence-corrected chi connectivity index (χ3v) is 2.69. The molecule has 1 unspecified atom stereocenters. The predicted molar refractivity (Wildman–Crippen MR) is 57.8 cm³/mol. The van der Waals surface area contributed by atoms with E-state index in [1.807, 2.05) is 0 Å². The highest BCUT2D eigenvalue weighted by atomic mass is 16.3. The van der Waals surface area contributed by atoms with Gasteiger partial charge in [0.05, 0.1) is 0 Å². The Balaban J connectivity index is 3.73. The number of nitrogens with one attached hydrogen (secondary N) is 1. The van der Waals surface area contributed by atoms with E-state index >= 15 is 0 Å². The Morgan fingerprint density at radius 1 is 1.23 bits per heavy atom. The minimum atomic E-state index is 0.206. The predicted octanol–water partition coefficient (Wildman–Crippen LogP) is 2.03. The zero-order chi connectivity index (χ0) is 10.5. The van der Waals surface area contributed by atoms with Gasteiger partial charge in [-0.3, -0.25) is 0 Å². The Hall–Kier alpha value is -0.0800. The van der Waals surface area contributed by atoms with Gasteiger partial charge in [0.2, 0.25) is 0 Å². The molecule has 2 N–H and O–H groups in total. The van der Waals surface area contributed by atoms with E-state index in [1.54, 1.807) is 0 Å². The second kappa shape index (κ2) is 5.61. The van der Waals surface area contributed by atoms with Crippen LogP contribution in [0.4, 0.5) is 0 Å². The van der Waals surface area contributed by atoms with Gasteiger partial charge in [0, 0.05) is 19.2 Å². The van der Waals surface area contributed by atoms with Gasteiger partial charge >= 0.3 is 0 Å². The van der Waals surface area contributed by atoms with E-state index in [4.69, 9.17) is 5.11 Å². The van der Waals surface area contributed by atoms with Gasteiger partial charge in [0.15, 0.2) is 0 Å². The SMILES string of the molecule is CC(C)C(C)NCC(C)(C)CCO. The van der Waals surface area contributed by atoms with E-state index in [2.05, 4.69) is 39.9 Å². The maximum absolute atomic E-state index is 8.85. The third-order valence-electron chi connectivity index (χ3n) is 2.69. The van der Waals surface area contributed by atoms with Crippen LogP contribution in [0.25, 0.3) is 0 Å². The van der Waals surface area contributed by atoms with Crippen LogP contribution in [0.5, 0.6) is 0 Å². The summed E-state index contributed by atoms with van der Waals surface area (Å²) in [5.74, 6) is 0.671. The van der Waals surface area contributed by atoms with Crippen molar-refractivity contribution in [2.45, 2.75) is 47.1 Å². The van der Waals surface area contributed by atoms with Gasteiger partial charge in [-0.2, -0.15) is 0 Å². The van der Waals surface area contributed by atoms with Crippen LogP contribution in [0.3, 0.4) is 0 Å². The van der Waals surface area contributed by atoms with E-state index in [9.17, 15) is 0 Å². The molecule has 0 aliphatic carbocycles. The van der Waals surface area contributed by atoms with Crippen molar-refractivity contribution in [1.82, 2.24) is 5.32 Å². The molecule has 0 aromatic heterocycles. The first-order chi connectivity index (χ1) is 5.89. The smallest absolute Gasteiger partial charge is 0.0436 e. The molecule has 0 spiro atoms. The molecule has 0 heterocycles. The molecule has 0 fully saturated rings. The number of aliphatic hydroxyl groups is 1. The molecule has 0 aromatic carbocycles. The molecule has 13 heavy (non-hydrogen) atoms. The Kier molecular flexibility index (Phi) is 5.57. The second-order valence-corrected chi connectivity index (χ2v) is 5.05. The lowest BCUT2D eigenvalue weighted by Crippen LogP contribution is -2.38. The average Bonchev–Trinajstić information content (AvgIpc) is 2.00. The van der Waals surface area contributed by atoms with Gasteiger partial charge in [0.1, 0.15) is 0 Å². The highest BCUT2D eigenvalue weighted by molar-refractivity contribution is 4.74. The lowest BCUT2D eigenvalue weighted by Gasteiger charge is -2.27. The van der Waals surface area contributed by atoms with Gasteiger partial charge in [-0.05, 0) is 24.7 Å².